The first kappa shape index (κ1) is 12.9. The molecule has 2 heterocycles. The molecule has 1 atom stereocenters. The number of nitrogens with one attached hydrogen (secondary N) is 1. The van der Waals surface area contributed by atoms with Gasteiger partial charge < -0.3 is 14.8 Å². The third kappa shape index (κ3) is 2.15. The van der Waals surface area contributed by atoms with E-state index < -0.39 is 0 Å². The number of hydrogen-bond donors (Lipinski definition) is 1. The molecule has 1 N–H and O–H groups in total. The zero-order valence-corrected chi connectivity index (χ0v) is 11.9. The average molecular weight is 261 g/mol. The molecule has 3 heteroatoms. The van der Waals surface area contributed by atoms with Gasteiger partial charge in [0.2, 0.25) is 0 Å². The van der Waals surface area contributed by atoms with Crippen molar-refractivity contribution in [3.05, 3.63) is 29.3 Å². The van der Waals surface area contributed by atoms with Gasteiger partial charge in [-0.3, -0.25) is 0 Å². The van der Waals surface area contributed by atoms with Crippen molar-refractivity contribution >= 4 is 0 Å². The highest BCUT2D eigenvalue weighted by Crippen LogP contribution is 2.43. The minimum Gasteiger partial charge on any atom is -0.494 e. The van der Waals surface area contributed by atoms with Gasteiger partial charge in [0.25, 0.3) is 0 Å². The second-order valence-electron chi connectivity index (χ2n) is 5.75. The van der Waals surface area contributed by atoms with Crippen LogP contribution < -0.4 is 10.1 Å². The van der Waals surface area contributed by atoms with Crippen molar-refractivity contribution in [1.82, 2.24) is 5.32 Å². The van der Waals surface area contributed by atoms with Gasteiger partial charge in [0.05, 0.1) is 19.8 Å². The molecular weight excluding hydrogens is 238 g/mol. The van der Waals surface area contributed by atoms with Gasteiger partial charge in [-0.2, -0.15) is 0 Å². The third-order valence-corrected chi connectivity index (χ3v) is 4.61. The second kappa shape index (κ2) is 5.14. The van der Waals surface area contributed by atoms with E-state index >= 15 is 0 Å². The van der Waals surface area contributed by atoms with Crippen LogP contribution in [0.2, 0.25) is 0 Å². The molecule has 0 radical (unpaired) electrons. The molecule has 19 heavy (non-hydrogen) atoms. The summed E-state index contributed by atoms with van der Waals surface area (Å²) in [6.07, 6.45) is 1.26. The summed E-state index contributed by atoms with van der Waals surface area (Å²) in [6, 6.07) is 6.65. The SMILES string of the molecule is CCOc1ccc(C2(C3CCNC3)COC2)cc1C. The fraction of sp³-hybridized carbons (Fsp3) is 0.625. The summed E-state index contributed by atoms with van der Waals surface area (Å²) in [4.78, 5) is 0. The molecule has 1 unspecified atom stereocenters. The molecule has 2 fully saturated rings. The second-order valence-corrected chi connectivity index (χ2v) is 5.75. The van der Waals surface area contributed by atoms with E-state index in [-0.39, 0.29) is 5.41 Å². The summed E-state index contributed by atoms with van der Waals surface area (Å²) in [7, 11) is 0. The minimum absolute atomic E-state index is 0.235. The Balaban J connectivity index is 1.89. The highest BCUT2D eigenvalue weighted by atomic mass is 16.5. The Morgan fingerprint density at radius 3 is 2.79 bits per heavy atom. The summed E-state index contributed by atoms with van der Waals surface area (Å²) in [5.74, 6) is 1.71. The first-order chi connectivity index (χ1) is 9.26. The van der Waals surface area contributed by atoms with E-state index in [9.17, 15) is 0 Å². The Kier molecular flexibility index (Phi) is 3.50. The van der Waals surface area contributed by atoms with Crippen LogP contribution in [0.1, 0.15) is 24.5 Å². The summed E-state index contributed by atoms with van der Waals surface area (Å²) in [5, 5.41) is 3.48. The largest absolute Gasteiger partial charge is 0.494 e. The molecule has 0 aliphatic carbocycles. The summed E-state index contributed by atoms with van der Waals surface area (Å²) in [5.41, 5.74) is 2.89. The third-order valence-electron chi connectivity index (χ3n) is 4.61. The molecule has 3 nitrogen and oxygen atoms in total. The lowest BCUT2D eigenvalue weighted by molar-refractivity contribution is -0.0869. The van der Waals surface area contributed by atoms with Crippen molar-refractivity contribution in [2.75, 3.05) is 32.9 Å². The van der Waals surface area contributed by atoms with Crippen LogP contribution in [0, 0.1) is 12.8 Å². The average Bonchev–Trinajstić information content (AvgIpc) is 2.85. The quantitative estimate of drug-likeness (QED) is 0.902. The number of aryl methyl sites for hydroxylation is 1. The first-order valence-corrected chi connectivity index (χ1v) is 7.28. The molecular formula is C16H23NO2. The van der Waals surface area contributed by atoms with E-state index in [0.717, 1.165) is 38.7 Å². The Morgan fingerprint density at radius 1 is 1.42 bits per heavy atom. The minimum atomic E-state index is 0.235. The van der Waals surface area contributed by atoms with Crippen LogP contribution in [0.4, 0.5) is 0 Å². The van der Waals surface area contributed by atoms with Crippen molar-refractivity contribution in [3.8, 4) is 5.75 Å². The molecule has 2 aliphatic heterocycles. The molecule has 1 aromatic rings. The number of hydrogen-bond acceptors (Lipinski definition) is 3. The van der Waals surface area contributed by atoms with E-state index in [1.807, 2.05) is 6.92 Å². The van der Waals surface area contributed by atoms with Crippen molar-refractivity contribution in [2.24, 2.45) is 5.92 Å². The normalized spacial score (nSPS) is 25.1. The number of benzene rings is 1. The topological polar surface area (TPSA) is 30.5 Å². The summed E-state index contributed by atoms with van der Waals surface area (Å²) in [6.45, 7) is 8.88. The Morgan fingerprint density at radius 2 is 2.26 bits per heavy atom. The lowest BCUT2D eigenvalue weighted by atomic mass is 9.68. The summed E-state index contributed by atoms with van der Waals surface area (Å²) >= 11 is 0. The molecule has 0 amide bonds. The Hall–Kier alpha value is -1.06. The molecule has 104 valence electrons. The molecule has 2 aliphatic rings. The van der Waals surface area contributed by atoms with Gasteiger partial charge in [-0.15, -0.1) is 0 Å². The van der Waals surface area contributed by atoms with Crippen molar-refractivity contribution < 1.29 is 9.47 Å². The van der Waals surface area contributed by atoms with E-state index in [1.165, 1.54) is 17.5 Å². The van der Waals surface area contributed by atoms with Crippen LogP contribution in [0.15, 0.2) is 18.2 Å². The lowest BCUT2D eigenvalue weighted by Crippen LogP contribution is -2.53. The predicted molar refractivity (Wildman–Crippen MR) is 75.8 cm³/mol. The summed E-state index contributed by atoms with van der Waals surface area (Å²) < 4.78 is 11.2. The van der Waals surface area contributed by atoms with Crippen LogP contribution in [-0.4, -0.2) is 32.9 Å². The molecule has 0 saturated carbocycles. The zero-order chi connectivity index (χ0) is 13.3. The molecule has 0 bridgehead atoms. The van der Waals surface area contributed by atoms with E-state index in [1.54, 1.807) is 0 Å². The highest BCUT2D eigenvalue weighted by molar-refractivity contribution is 5.41. The maximum Gasteiger partial charge on any atom is 0.122 e. The standard InChI is InChI=1S/C16H23NO2/c1-3-19-15-5-4-13(8-12(15)2)16(10-18-11-16)14-6-7-17-9-14/h4-5,8,14,17H,3,6-7,9-11H2,1-2H3. The van der Waals surface area contributed by atoms with Crippen LogP contribution in [0.3, 0.4) is 0 Å². The van der Waals surface area contributed by atoms with E-state index in [0.29, 0.717) is 5.92 Å². The van der Waals surface area contributed by atoms with Gasteiger partial charge in [-0.05, 0) is 56.5 Å². The monoisotopic (exact) mass is 261 g/mol. The molecule has 3 rings (SSSR count). The van der Waals surface area contributed by atoms with E-state index in [2.05, 4.69) is 30.4 Å². The maximum atomic E-state index is 5.64. The fourth-order valence-corrected chi connectivity index (χ4v) is 3.36. The number of rotatable bonds is 4. The van der Waals surface area contributed by atoms with Crippen molar-refractivity contribution in [1.29, 1.82) is 0 Å². The van der Waals surface area contributed by atoms with Gasteiger partial charge in [0.15, 0.2) is 0 Å². The van der Waals surface area contributed by atoms with Crippen LogP contribution in [0.25, 0.3) is 0 Å². The van der Waals surface area contributed by atoms with Gasteiger partial charge >= 0.3 is 0 Å². The number of ether oxygens (including phenoxy) is 2. The smallest absolute Gasteiger partial charge is 0.122 e. The lowest BCUT2D eigenvalue weighted by Gasteiger charge is -2.46. The maximum absolute atomic E-state index is 5.64. The molecule has 1 aromatic carbocycles. The molecule has 0 aromatic heterocycles. The first-order valence-electron chi connectivity index (χ1n) is 7.28. The predicted octanol–water partition coefficient (Wildman–Crippen LogP) is 2.27. The van der Waals surface area contributed by atoms with Gasteiger partial charge in [-0.1, -0.05) is 12.1 Å². The van der Waals surface area contributed by atoms with Crippen molar-refractivity contribution in [2.45, 2.75) is 25.7 Å². The van der Waals surface area contributed by atoms with Crippen LogP contribution in [-0.2, 0) is 10.2 Å². The zero-order valence-electron chi connectivity index (χ0n) is 11.9. The van der Waals surface area contributed by atoms with Gasteiger partial charge in [-0.25, -0.2) is 0 Å². The highest BCUT2D eigenvalue weighted by Gasteiger charge is 2.47. The molecule has 2 saturated heterocycles. The van der Waals surface area contributed by atoms with Crippen LogP contribution in [0.5, 0.6) is 5.75 Å². The van der Waals surface area contributed by atoms with E-state index in [4.69, 9.17) is 9.47 Å². The fourth-order valence-electron chi connectivity index (χ4n) is 3.36. The van der Waals surface area contributed by atoms with Gasteiger partial charge in [0.1, 0.15) is 5.75 Å². The van der Waals surface area contributed by atoms with Crippen LogP contribution >= 0.6 is 0 Å². The van der Waals surface area contributed by atoms with Gasteiger partial charge in [0, 0.05) is 5.41 Å². The Bertz CT molecular complexity index is 448. The van der Waals surface area contributed by atoms with Crippen molar-refractivity contribution in [3.63, 3.8) is 0 Å². The molecule has 0 spiro atoms. The Labute approximate surface area is 115 Å².